The predicted octanol–water partition coefficient (Wildman–Crippen LogP) is 2.97. The lowest BCUT2D eigenvalue weighted by atomic mass is 10.3. The van der Waals surface area contributed by atoms with Gasteiger partial charge in [0.2, 0.25) is 10.0 Å². The number of anilines is 1. The molecule has 3 aromatic rings. The maximum atomic E-state index is 12.4. The van der Waals surface area contributed by atoms with E-state index in [1.165, 1.54) is 12.1 Å². The van der Waals surface area contributed by atoms with Gasteiger partial charge < -0.3 is 10.1 Å². The molecule has 0 radical (unpaired) electrons. The van der Waals surface area contributed by atoms with Crippen LogP contribution in [-0.2, 0) is 10.0 Å². The van der Waals surface area contributed by atoms with Crippen molar-refractivity contribution in [3.05, 3.63) is 72.4 Å². The van der Waals surface area contributed by atoms with Crippen LogP contribution in [0.3, 0.4) is 0 Å². The fraction of sp³-hybridized carbons (Fsp3) is 0.158. The van der Waals surface area contributed by atoms with Gasteiger partial charge in [-0.25, -0.2) is 13.1 Å². The normalized spacial score (nSPS) is 11.1. The van der Waals surface area contributed by atoms with E-state index < -0.39 is 10.0 Å². The van der Waals surface area contributed by atoms with Crippen molar-refractivity contribution in [3.8, 4) is 11.5 Å². The maximum absolute atomic E-state index is 12.4. The van der Waals surface area contributed by atoms with Gasteiger partial charge in [0.1, 0.15) is 17.3 Å². The minimum absolute atomic E-state index is 0.179. The fourth-order valence-electron chi connectivity index (χ4n) is 2.26. The predicted molar refractivity (Wildman–Crippen MR) is 103 cm³/mol. The molecule has 0 unspecified atom stereocenters. The summed E-state index contributed by atoms with van der Waals surface area (Å²) in [5.74, 6) is 1.86. The van der Waals surface area contributed by atoms with Crippen LogP contribution in [0.1, 0.15) is 5.69 Å². The Morgan fingerprint density at radius 2 is 1.56 bits per heavy atom. The van der Waals surface area contributed by atoms with E-state index in [0.717, 1.165) is 5.69 Å². The molecular formula is C19H20N4O3S. The molecule has 140 valence electrons. The van der Waals surface area contributed by atoms with Gasteiger partial charge in [-0.1, -0.05) is 18.2 Å². The van der Waals surface area contributed by atoms with Crippen molar-refractivity contribution in [2.75, 3.05) is 18.4 Å². The Balaban J connectivity index is 1.52. The molecule has 0 saturated heterocycles. The summed E-state index contributed by atoms with van der Waals surface area (Å²) in [6, 6.07) is 19.2. The second-order valence-corrected chi connectivity index (χ2v) is 7.54. The number of hydrogen-bond acceptors (Lipinski definition) is 6. The van der Waals surface area contributed by atoms with Gasteiger partial charge in [0, 0.05) is 13.1 Å². The van der Waals surface area contributed by atoms with Gasteiger partial charge in [0.15, 0.2) is 0 Å². The number of para-hydroxylation sites is 1. The van der Waals surface area contributed by atoms with E-state index in [0.29, 0.717) is 23.9 Å². The first-order chi connectivity index (χ1) is 13.0. The van der Waals surface area contributed by atoms with Crippen LogP contribution in [0.5, 0.6) is 11.5 Å². The molecule has 2 aromatic carbocycles. The number of benzene rings is 2. The number of nitrogens with one attached hydrogen (secondary N) is 2. The summed E-state index contributed by atoms with van der Waals surface area (Å²) in [6.07, 6.45) is 0. The molecule has 0 atom stereocenters. The van der Waals surface area contributed by atoms with Crippen LogP contribution in [-0.4, -0.2) is 31.7 Å². The van der Waals surface area contributed by atoms with E-state index in [1.807, 2.05) is 43.3 Å². The first-order valence-electron chi connectivity index (χ1n) is 8.40. The van der Waals surface area contributed by atoms with Crippen molar-refractivity contribution in [1.29, 1.82) is 0 Å². The van der Waals surface area contributed by atoms with E-state index in [-0.39, 0.29) is 11.4 Å². The maximum Gasteiger partial charge on any atom is 0.240 e. The summed E-state index contributed by atoms with van der Waals surface area (Å²) in [6.45, 7) is 2.47. The zero-order valence-electron chi connectivity index (χ0n) is 14.8. The zero-order valence-corrected chi connectivity index (χ0v) is 15.6. The second-order valence-electron chi connectivity index (χ2n) is 5.77. The molecule has 1 heterocycles. The summed E-state index contributed by atoms with van der Waals surface area (Å²) in [5, 5.41) is 10.9. The second kappa shape index (κ2) is 8.61. The van der Waals surface area contributed by atoms with Crippen LogP contribution in [0.4, 0.5) is 5.82 Å². The van der Waals surface area contributed by atoms with Crippen molar-refractivity contribution < 1.29 is 13.2 Å². The Hall–Kier alpha value is -2.97. The van der Waals surface area contributed by atoms with Gasteiger partial charge >= 0.3 is 0 Å². The summed E-state index contributed by atoms with van der Waals surface area (Å²) in [5.41, 5.74) is 0.820. The molecule has 0 spiro atoms. The minimum Gasteiger partial charge on any atom is -0.457 e. The third kappa shape index (κ3) is 5.50. The molecule has 3 rings (SSSR count). The molecule has 2 N–H and O–H groups in total. The highest BCUT2D eigenvalue weighted by atomic mass is 32.2. The molecule has 0 saturated carbocycles. The van der Waals surface area contributed by atoms with Crippen LogP contribution in [0, 0.1) is 6.92 Å². The molecule has 0 fully saturated rings. The van der Waals surface area contributed by atoms with Crippen molar-refractivity contribution in [2.24, 2.45) is 0 Å². The van der Waals surface area contributed by atoms with E-state index in [2.05, 4.69) is 20.2 Å². The van der Waals surface area contributed by atoms with E-state index in [9.17, 15) is 8.42 Å². The van der Waals surface area contributed by atoms with Gasteiger partial charge in [0.05, 0.1) is 10.6 Å². The molecule has 0 aliphatic heterocycles. The van der Waals surface area contributed by atoms with Crippen molar-refractivity contribution in [1.82, 2.24) is 14.9 Å². The van der Waals surface area contributed by atoms with Gasteiger partial charge in [-0.15, -0.1) is 5.10 Å². The summed E-state index contributed by atoms with van der Waals surface area (Å²) < 4.78 is 32.9. The molecular weight excluding hydrogens is 364 g/mol. The molecule has 7 nitrogen and oxygen atoms in total. The van der Waals surface area contributed by atoms with Crippen molar-refractivity contribution in [2.45, 2.75) is 11.8 Å². The lowest BCUT2D eigenvalue weighted by Gasteiger charge is -2.09. The lowest BCUT2D eigenvalue weighted by molar-refractivity contribution is 0.482. The van der Waals surface area contributed by atoms with Crippen LogP contribution in [0.2, 0.25) is 0 Å². The van der Waals surface area contributed by atoms with E-state index in [1.54, 1.807) is 18.2 Å². The summed E-state index contributed by atoms with van der Waals surface area (Å²) >= 11 is 0. The van der Waals surface area contributed by atoms with Gasteiger partial charge in [-0.3, -0.25) is 0 Å². The van der Waals surface area contributed by atoms with Gasteiger partial charge in [-0.05, 0) is 55.5 Å². The molecule has 0 aliphatic carbocycles. The highest BCUT2D eigenvalue weighted by Gasteiger charge is 2.13. The average molecular weight is 384 g/mol. The largest absolute Gasteiger partial charge is 0.457 e. The quantitative estimate of drug-likeness (QED) is 0.580. The average Bonchev–Trinajstić information content (AvgIpc) is 2.68. The number of ether oxygens (including phenoxy) is 1. The van der Waals surface area contributed by atoms with Crippen LogP contribution in [0.15, 0.2) is 71.6 Å². The number of hydrogen-bond donors (Lipinski definition) is 2. The van der Waals surface area contributed by atoms with Gasteiger partial charge in [0.25, 0.3) is 0 Å². The highest BCUT2D eigenvalue weighted by molar-refractivity contribution is 7.89. The number of aryl methyl sites for hydroxylation is 1. The minimum atomic E-state index is -3.59. The van der Waals surface area contributed by atoms with Gasteiger partial charge in [-0.2, -0.15) is 5.10 Å². The third-order valence-electron chi connectivity index (χ3n) is 3.63. The zero-order chi connectivity index (χ0) is 19.1. The van der Waals surface area contributed by atoms with E-state index in [4.69, 9.17) is 4.74 Å². The Morgan fingerprint density at radius 1 is 0.852 bits per heavy atom. The third-order valence-corrected chi connectivity index (χ3v) is 5.11. The van der Waals surface area contributed by atoms with Crippen molar-refractivity contribution >= 4 is 15.8 Å². The van der Waals surface area contributed by atoms with E-state index >= 15 is 0 Å². The lowest BCUT2D eigenvalue weighted by Crippen LogP contribution is -2.29. The molecule has 0 aliphatic rings. The van der Waals surface area contributed by atoms with Crippen molar-refractivity contribution in [3.63, 3.8) is 0 Å². The molecule has 8 heteroatoms. The van der Waals surface area contributed by atoms with Crippen LogP contribution >= 0.6 is 0 Å². The molecule has 0 bridgehead atoms. The first-order valence-corrected chi connectivity index (χ1v) is 9.88. The van der Waals surface area contributed by atoms with Crippen LogP contribution < -0.4 is 14.8 Å². The number of rotatable bonds is 8. The fourth-order valence-corrected chi connectivity index (χ4v) is 3.30. The Labute approximate surface area is 158 Å². The smallest absolute Gasteiger partial charge is 0.240 e. The standard InChI is InChI=1S/C19H20N4O3S/c1-15-7-12-19(23-22-15)20-13-14-21-27(24,25)18-10-8-17(9-11-18)26-16-5-3-2-4-6-16/h2-12,21H,13-14H2,1H3,(H,20,23). The van der Waals surface area contributed by atoms with Crippen LogP contribution in [0.25, 0.3) is 0 Å². The summed E-state index contributed by atoms with van der Waals surface area (Å²) in [7, 11) is -3.59. The SMILES string of the molecule is Cc1ccc(NCCNS(=O)(=O)c2ccc(Oc3ccccc3)cc2)nn1. The molecule has 1 aromatic heterocycles. The number of nitrogens with zero attached hydrogens (tertiary/aromatic N) is 2. The monoisotopic (exact) mass is 384 g/mol. The first kappa shape index (κ1) is 18.8. The Morgan fingerprint density at radius 3 is 2.22 bits per heavy atom. The number of sulfonamides is 1. The Kier molecular flexibility index (Phi) is 6.00. The molecule has 0 amide bonds. The molecule has 27 heavy (non-hydrogen) atoms. The summed E-state index contributed by atoms with van der Waals surface area (Å²) in [4.78, 5) is 0.179. The number of aromatic nitrogens is 2. The Bertz CT molecular complexity index is 960. The topological polar surface area (TPSA) is 93.2 Å². The highest BCUT2D eigenvalue weighted by Crippen LogP contribution is 2.22.